The van der Waals surface area contributed by atoms with Crippen molar-refractivity contribution in [3.05, 3.63) is 81.3 Å². The first kappa shape index (κ1) is 17.3. The summed E-state index contributed by atoms with van der Waals surface area (Å²) < 4.78 is 0. The van der Waals surface area contributed by atoms with Crippen LogP contribution in [0.25, 0.3) is 11.1 Å². The minimum absolute atomic E-state index is 0.256. The summed E-state index contributed by atoms with van der Waals surface area (Å²) in [6.07, 6.45) is 1.80. The molecule has 0 spiro atoms. The van der Waals surface area contributed by atoms with Crippen LogP contribution in [0.3, 0.4) is 0 Å². The third-order valence-electron chi connectivity index (χ3n) is 3.49. The zero-order valence-electron chi connectivity index (χ0n) is 13.6. The Bertz CT molecular complexity index is 889. The molecule has 0 atom stereocenters. The van der Waals surface area contributed by atoms with Crippen LogP contribution >= 0.6 is 22.9 Å². The summed E-state index contributed by atoms with van der Waals surface area (Å²) in [5.41, 5.74) is 3.18. The van der Waals surface area contributed by atoms with Gasteiger partial charge in [0.15, 0.2) is 5.01 Å². The molecule has 0 saturated heterocycles. The van der Waals surface area contributed by atoms with Gasteiger partial charge >= 0.3 is 0 Å². The Morgan fingerprint density at radius 3 is 2.48 bits per heavy atom. The number of benzene rings is 2. The van der Waals surface area contributed by atoms with E-state index in [4.69, 9.17) is 11.6 Å². The Kier molecular flexibility index (Phi) is 5.58. The number of aryl methyl sites for hydroxylation is 1. The van der Waals surface area contributed by atoms with Crippen molar-refractivity contribution < 1.29 is 4.79 Å². The molecule has 4 nitrogen and oxygen atoms in total. The van der Waals surface area contributed by atoms with Crippen LogP contribution in [0.5, 0.6) is 0 Å². The molecule has 0 fully saturated rings. The molecule has 0 bridgehead atoms. The molecule has 2 aromatic carbocycles. The number of nitrogens with zero attached hydrogens (tertiary/aromatic N) is 2. The first-order valence-electron chi connectivity index (χ1n) is 7.72. The molecule has 0 saturated carbocycles. The molecule has 0 unspecified atom stereocenters. The number of nitrogens with one attached hydrogen (secondary N) is 1. The lowest BCUT2D eigenvalue weighted by atomic mass is 10.1. The van der Waals surface area contributed by atoms with Gasteiger partial charge in [-0.3, -0.25) is 4.79 Å². The minimum atomic E-state index is -0.256. The number of carbonyl (C=O) groups excluding carboxylic acids is 1. The standard InChI is InChI=1S/C19H16ClN3OS/c1-13-7-9-15(10-8-13)12-21-17(24)19-23-22-18(25-19)16(20)11-14-5-3-2-4-6-14/h2-11H,12H2,1H3,(H,21,24). The molecule has 3 aromatic rings. The second-order valence-electron chi connectivity index (χ2n) is 5.48. The third kappa shape index (κ3) is 4.75. The van der Waals surface area contributed by atoms with Gasteiger partial charge in [-0.05, 0) is 24.1 Å². The number of halogens is 1. The van der Waals surface area contributed by atoms with E-state index in [9.17, 15) is 4.79 Å². The zero-order valence-corrected chi connectivity index (χ0v) is 15.1. The minimum Gasteiger partial charge on any atom is -0.346 e. The van der Waals surface area contributed by atoms with Gasteiger partial charge in [-0.25, -0.2) is 0 Å². The summed E-state index contributed by atoms with van der Waals surface area (Å²) >= 11 is 7.46. The molecule has 0 aliphatic heterocycles. The van der Waals surface area contributed by atoms with Crippen LogP contribution in [0, 0.1) is 6.92 Å². The second-order valence-corrected chi connectivity index (χ2v) is 6.87. The SMILES string of the molecule is Cc1ccc(CNC(=O)c2nnc(C(Cl)=Cc3ccccc3)s2)cc1. The summed E-state index contributed by atoms with van der Waals surface area (Å²) in [5.74, 6) is -0.256. The maximum atomic E-state index is 12.2. The average Bonchev–Trinajstić information content (AvgIpc) is 3.12. The predicted molar refractivity (Wildman–Crippen MR) is 102 cm³/mol. The van der Waals surface area contributed by atoms with Crippen molar-refractivity contribution in [1.82, 2.24) is 15.5 Å². The molecule has 6 heteroatoms. The molecule has 0 aliphatic carbocycles. The number of aromatic nitrogens is 2. The fourth-order valence-electron chi connectivity index (χ4n) is 2.13. The van der Waals surface area contributed by atoms with Crippen LogP contribution in [-0.4, -0.2) is 16.1 Å². The average molecular weight is 370 g/mol. The Morgan fingerprint density at radius 1 is 1.08 bits per heavy atom. The van der Waals surface area contributed by atoms with Crippen LogP contribution < -0.4 is 5.32 Å². The van der Waals surface area contributed by atoms with Gasteiger partial charge in [-0.1, -0.05) is 83.1 Å². The molecule has 1 aromatic heterocycles. The van der Waals surface area contributed by atoms with Crippen molar-refractivity contribution in [2.75, 3.05) is 0 Å². The number of hydrogen-bond acceptors (Lipinski definition) is 4. The molecule has 0 radical (unpaired) electrons. The highest BCUT2D eigenvalue weighted by Gasteiger charge is 2.14. The van der Waals surface area contributed by atoms with Crippen molar-refractivity contribution in [2.24, 2.45) is 0 Å². The first-order chi connectivity index (χ1) is 12.1. The van der Waals surface area contributed by atoms with E-state index in [-0.39, 0.29) is 5.91 Å². The highest BCUT2D eigenvalue weighted by molar-refractivity contribution is 7.15. The molecule has 0 aliphatic rings. The van der Waals surface area contributed by atoms with Crippen LogP contribution in [0.2, 0.25) is 0 Å². The zero-order chi connectivity index (χ0) is 17.6. The van der Waals surface area contributed by atoms with Gasteiger partial charge in [0.05, 0.1) is 5.03 Å². The van der Waals surface area contributed by atoms with Crippen molar-refractivity contribution in [1.29, 1.82) is 0 Å². The van der Waals surface area contributed by atoms with Crippen LogP contribution in [0.4, 0.5) is 0 Å². The molecule has 25 heavy (non-hydrogen) atoms. The lowest BCUT2D eigenvalue weighted by Gasteiger charge is -2.03. The molecule has 3 rings (SSSR count). The van der Waals surface area contributed by atoms with E-state index in [0.29, 0.717) is 21.6 Å². The quantitative estimate of drug-likeness (QED) is 0.719. The largest absolute Gasteiger partial charge is 0.346 e. The van der Waals surface area contributed by atoms with Gasteiger partial charge in [-0.15, -0.1) is 10.2 Å². The number of carbonyl (C=O) groups is 1. The Balaban J connectivity index is 1.65. The molecular weight excluding hydrogens is 354 g/mol. The normalized spacial score (nSPS) is 11.4. The monoisotopic (exact) mass is 369 g/mol. The molecular formula is C19H16ClN3OS. The molecule has 1 amide bonds. The van der Waals surface area contributed by atoms with E-state index in [1.54, 1.807) is 6.08 Å². The molecule has 1 N–H and O–H groups in total. The van der Waals surface area contributed by atoms with E-state index in [1.165, 1.54) is 16.9 Å². The predicted octanol–water partition coefficient (Wildman–Crippen LogP) is 4.51. The fraction of sp³-hybridized carbons (Fsp3) is 0.105. The summed E-state index contributed by atoms with van der Waals surface area (Å²) in [4.78, 5) is 12.2. The van der Waals surface area contributed by atoms with E-state index in [2.05, 4.69) is 15.5 Å². The van der Waals surface area contributed by atoms with Gasteiger partial charge in [0.25, 0.3) is 5.91 Å². The van der Waals surface area contributed by atoms with E-state index >= 15 is 0 Å². The maximum absolute atomic E-state index is 12.2. The molecule has 1 heterocycles. The third-order valence-corrected chi connectivity index (χ3v) is 4.85. The first-order valence-corrected chi connectivity index (χ1v) is 8.91. The van der Waals surface area contributed by atoms with E-state index in [0.717, 1.165) is 11.1 Å². The van der Waals surface area contributed by atoms with Gasteiger partial charge in [0.2, 0.25) is 5.01 Å². The lowest BCUT2D eigenvalue weighted by Crippen LogP contribution is -2.22. The fourth-order valence-corrected chi connectivity index (χ4v) is 3.08. The van der Waals surface area contributed by atoms with Crippen molar-refractivity contribution in [3.63, 3.8) is 0 Å². The van der Waals surface area contributed by atoms with Crippen molar-refractivity contribution >= 4 is 40.0 Å². The van der Waals surface area contributed by atoms with Crippen LogP contribution in [0.1, 0.15) is 31.5 Å². The Morgan fingerprint density at radius 2 is 1.76 bits per heavy atom. The number of rotatable bonds is 5. The Labute approximate surface area is 155 Å². The van der Waals surface area contributed by atoms with Crippen LogP contribution in [0.15, 0.2) is 54.6 Å². The maximum Gasteiger partial charge on any atom is 0.282 e. The van der Waals surface area contributed by atoms with Crippen LogP contribution in [-0.2, 0) is 6.54 Å². The highest BCUT2D eigenvalue weighted by Crippen LogP contribution is 2.25. The Hall–Kier alpha value is -2.50. The summed E-state index contributed by atoms with van der Waals surface area (Å²) in [6.45, 7) is 2.47. The van der Waals surface area contributed by atoms with Gasteiger partial charge in [0.1, 0.15) is 0 Å². The van der Waals surface area contributed by atoms with Gasteiger partial charge in [-0.2, -0.15) is 0 Å². The van der Waals surface area contributed by atoms with Gasteiger partial charge < -0.3 is 5.32 Å². The highest BCUT2D eigenvalue weighted by atomic mass is 35.5. The lowest BCUT2D eigenvalue weighted by molar-refractivity contribution is 0.0950. The van der Waals surface area contributed by atoms with Gasteiger partial charge in [0, 0.05) is 6.54 Å². The topological polar surface area (TPSA) is 54.9 Å². The summed E-state index contributed by atoms with van der Waals surface area (Å²) in [7, 11) is 0. The molecule has 126 valence electrons. The smallest absolute Gasteiger partial charge is 0.282 e. The second kappa shape index (κ2) is 8.05. The summed E-state index contributed by atoms with van der Waals surface area (Å²) in [6, 6.07) is 17.7. The van der Waals surface area contributed by atoms with Crippen molar-refractivity contribution in [2.45, 2.75) is 13.5 Å². The van der Waals surface area contributed by atoms with E-state index in [1.807, 2.05) is 61.5 Å². The number of amides is 1. The number of hydrogen-bond donors (Lipinski definition) is 1. The van der Waals surface area contributed by atoms with Crippen molar-refractivity contribution in [3.8, 4) is 0 Å². The summed E-state index contributed by atoms with van der Waals surface area (Å²) in [5, 5.41) is 12.1. The van der Waals surface area contributed by atoms with E-state index < -0.39 is 0 Å².